The molecule has 35 heavy (non-hydrogen) atoms. The molecule has 0 unspecified atom stereocenters. The maximum atomic E-state index is 13.3. The molecule has 1 aliphatic carbocycles. The largest absolute Gasteiger partial charge is 0.478 e. The van der Waals surface area contributed by atoms with Gasteiger partial charge >= 0.3 is 12.0 Å². The molecular formula is C25H27N5O5. The third-order valence-corrected chi connectivity index (χ3v) is 6.34. The smallest absolute Gasteiger partial charge is 0.345 e. The number of aromatic carboxylic acids is 1. The van der Waals surface area contributed by atoms with Crippen LogP contribution >= 0.6 is 0 Å². The number of urea groups is 1. The molecule has 0 atom stereocenters. The van der Waals surface area contributed by atoms with Crippen LogP contribution in [0.15, 0.2) is 47.6 Å². The van der Waals surface area contributed by atoms with E-state index in [1.165, 1.54) is 23.1 Å². The highest BCUT2D eigenvalue weighted by molar-refractivity contribution is 6.17. The number of benzene rings is 2. The molecule has 182 valence electrons. The zero-order valence-electron chi connectivity index (χ0n) is 19.4. The monoisotopic (exact) mass is 477 g/mol. The summed E-state index contributed by atoms with van der Waals surface area (Å²) in [5, 5.41) is 17.5. The number of carboxylic acids is 1. The van der Waals surface area contributed by atoms with E-state index in [-0.39, 0.29) is 17.0 Å². The van der Waals surface area contributed by atoms with Crippen LogP contribution in [0, 0.1) is 5.92 Å². The predicted molar refractivity (Wildman–Crippen MR) is 131 cm³/mol. The molecule has 10 nitrogen and oxygen atoms in total. The lowest BCUT2D eigenvalue weighted by Gasteiger charge is -2.25. The first-order chi connectivity index (χ1) is 16.8. The van der Waals surface area contributed by atoms with Crippen LogP contribution in [0.3, 0.4) is 0 Å². The molecule has 2 aromatic rings. The molecule has 0 saturated heterocycles. The second-order valence-electron chi connectivity index (χ2n) is 8.72. The van der Waals surface area contributed by atoms with Crippen molar-refractivity contribution >= 4 is 40.9 Å². The Hall–Kier alpha value is -4.21. The summed E-state index contributed by atoms with van der Waals surface area (Å²) < 4.78 is 0. The van der Waals surface area contributed by atoms with E-state index in [9.17, 15) is 24.3 Å². The van der Waals surface area contributed by atoms with Crippen LogP contribution in [-0.4, -0.2) is 53.2 Å². The fraction of sp³-hybridized carbons (Fsp3) is 0.320. The molecule has 2 aromatic carbocycles. The van der Waals surface area contributed by atoms with E-state index >= 15 is 0 Å². The van der Waals surface area contributed by atoms with Gasteiger partial charge in [-0.3, -0.25) is 14.5 Å². The lowest BCUT2D eigenvalue weighted by molar-refractivity contribution is -0.116. The van der Waals surface area contributed by atoms with Crippen molar-refractivity contribution in [3.8, 4) is 0 Å². The molecule has 0 spiro atoms. The Morgan fingerprint density at radius 1 is 1.11 bits per heavy atom. The highest BCUT2D eigenvalue weighted by atomic mass is 16.4. The summed E-state index contributed by atoms with van der Waals surface area (Å²) in [6.07, 6.45) is 4.81. The number of nitrogens with two attached hydrogens (primary N) is 1. The van der Waals surface area contributed by atoms with E-state index in [1.807, 2.05) is 0 Å². The summed E-state index contributed by atoms with van der Waals surface area (Å²) in [5.74, 6) is -2.26. The molecule has 1 saturated carbocycles. The van der Waals surface area contributed by atoms with Gasteiger partial charge in [0.05, 0.1) is 22.5 Å². The highest BCUT2D eigenvalue weighted by Crippen LogP contribution is 2.35. The van der Waals surface area contributed by atoms with Crippen molar-refractivity contribution in [2.75, 3.05) is 23.8 Å². The molecule has 4 N–H and O–H groups in total. The van der Waals surface area contributed by atoms with Crippen LogP contribution in [0.4, 0.5) is 16.2 Å². The number of hydrazone groups is 1. The lowest BCUT2D eigenvalue weighted by Crippen LogP contribution is -2.41. The minimum atomic E-state index is -1.12. The topological polar surface area (TPSA) is 145 Å². The van der Waals surface area contributed by atoms with Gasteiger partial charge in [0.2, 0.25) is 11.8 Å². The molecule has 0 bridgehead atoms. The first-order valence-electron chi connectivity index (χ1n) is 11.5. The minimum Gasteiger partial charge on any atom is -0.478 e. The Bertz CT molecular complexity index is 1220. The van der Waals surface area contributed by atoms with Crippen molar-refractivity contribution in [3.05, 3.63) is 59.2 Å². The summed E-state index contributed by atoms with van der Waals surface area (Å²) in [6, 6.07) is 10.3. The quantitative estimate of drug-likeness (QED) is 0.584. The standard InChI is InChI=1S/C25H27N5O5/c1-29-19-12-6-11-18(23(26)32)21(19)22(15-7-3-2-4-8-15)28-30(25(29)35)14-20(31)27-17-10-5-9-16(13-17)24(33)34/h5-6,9-13,15H,2-4,7-8,14H2,1H3,(H2,26,32)(H,27,31)(H,33,34). The predicted octanol–water partition coefficient (Wildman–Crippen LogP) is 3.28. The Morgan fingerprint density at radius 3 is 2.51 bits per heavy atom. The number of hydrogen-bond acceptors (Lipinski definition) is 5. The van der Waals surface area contributed by atoms with Crippen LogP contribution < -0.4 is 16.0 Å². The van der Waals surface area contributed by atoms with Gasteiger partial charge in [0.15, 0.2) is 0 Å². The number of carbonyl (C=O) groups is 4. The maximum Gasteiger partial charge on any atom is 0.345 e. The van der Waals surface area contributed by atoms with Gasteiger partial charge in [-0.25, -0.2) is 14.6 Å². The number of nitrogens with one attached hydrogen (secondary N) is 1. The third-order valence-electron chi connectivity index (χ3n) is 6.34. The number of carboxylic acid groups (broad SMARTS) is 1. The number of primary amides is 1. The molecule has 4 amide bonds. The number of nitrogens with zero attached hydrogens (tertiary/aromatic N) is 3. The highest BCUT2D eigenvalue weighted by Gasteiger charge is 2.34. The fourth-order valence-electron chi connectivity index (χ4n) is 4.62. The second-order valence-corrected chi connectivity index (χ2v) is 8.72. The van der Waals surface area contributed by atoms with Gasteiger partial charge < -0.3 is 16.2 Å². The van der Waals surface area contributed by atoms with E-state index in [1.54, 1.807) is 31.3 Å². The van der Waals surface area contributed by atoms with Gasteiger partial charge in [-0.1, -0.05) is 31.4 Å². The van der Waals surface area contributed by atoms with Gasteiger partial charge in [-0.2, -0.15) is 5.10 Å². The molecule has 4 rings (SSSR count). The van der Waals surface area contributed by atoms with Gasteiger partial charge in [0.1, 0.15) is 6.54 Å². The average Bonchev–Trinajstić information content (AvgIpc) is 2.95. The number of anilines is 2. The van der Waals surface area contributed by atoms with Crippen molar-refractivity contribution in [2.24, 2.45) is 16.8 Å². The molecule has 0 aromatic heterocycles. The Balaban J connectivity index is 1.70. The van der Waals surface area contributed by atoms with Crippen LogP contribution in [-0.2, 0) is 4.79 Å². The Morgan fingerprint density at radius 2 is 1.83 bits per heavy atom. The molecule has 1 heterocycles. The molecule has 1 aliphatic heterocycles. The molecule has 2 aliphatic rings. The van der Waals surface area contributed by atoms with Gasteiger partial charge in [0, 0.05) is 24.2 Å². The molecule has 0 radical (unpaired) electrons. The number of hydrogen-bond donors (Lipinski definition) is 3. The maximum absolute atomic E-state index is 13.3. The van der Waals surface area contributed by atoms with Gasteiger partial charge in [0.25, 0.3) is 0 Å². The summed E-state index contributed by atoms with van der Waals surface area (Å²) in [6.45, 7) is -0.392. The van der Waals surface area contributed by atoms with Crippen molar-refractivity contribution in [1.29, 1.82) is 0 Å². The number of fused-ring (bicyclic) bond motifs is 1. The molecule has 1 fully saturated rings. The summed E-state index contributed by atoms with van der Waals surface area (Å²) in [4.78, 5) is 51.0. The molecular weight excluding hydrogens is 450 g/mol. The average molecular weight is 478 g/mol. The van der Waals surface area contributed by atoms with Crippen LogP contribution in [0.2, 0.25) is 0 Å². The summed E-state index contributed by atoms with van der Waals surface area (Å²) in [7, 11) is 1.56. The van der Waals surface area contributed by atoms with E-state index in [0.717, 1.165) is 37.1 Å². The second kappa shape index (κ2) is 9.96. The van der Waals surface area contributed by atoms with Crippen molar-refractivity contribution in [3.63, 3.8) is 0 Å². The Labute approximate surface area is 202 Å². The first kappa shape index (κ1) is 23.9. The Kier molecular flexibility index (Phi) is 6.81. The third kappa shape index (κ3) is 5.01. The fourth-order valence-corrected chi connectivity index (χ4v) is 4.62. The van der Waals surface area contributed by atoms with E-state index in [4.69, 9.17) is 5.73 Å². The molecule has 10 heteroatoms. The van der Waals surface area contributed by atoms with Crippen molar-refractivity contribution in [2.45, 2.75) is 32.1 Å². The normalized spacial score (nSPS) is 16.3. The minimum absolute atomic E-state index is 0.0140. The van der Waals surface area contributed by atoms with Gasteiger partial charge in [-0.15, -0.1) is 0 Å². The number of rotatable bonds is 6. The summed E-state index contributed by atoms with van der Waals surface area (Å²) in [5.41, 5.74) is 7.89. The first-order valence-corrected chi connectivity index (χ1v) is 11.5. The van der Waals surface area contributed by atoms with Gasteiger partial charge in [-0.05, 0) is 43.2 Å². The summed E-state index contributed by atoms with van der Waals surface area (Å²) >= 11 is 0. The van der Waals surface area contributed by atoms with Crippen LogP contribution in [0.25, 0.3) is 0 Å². The zero-order valence-corrected chi connectivity index (χ0v) is 19.4. The van der Waals surface area contributed by atoms with Crippen LogP contribution in [0.1, 0.15) is 58.4 Å². The van der Waals surface area contributed by atoms with E-state index in [0.29, 0.717) is 22.6 Å². The zero-order chi connectivity index (χ0) is 25.1. The van der Waals surface area contributed by atoms with Crippen LogP contribution in [0.5, 0.6) is 0 Å². The number of carbonyl (C=O) groups excluding carboxylic acids is 3. The van der Waals surface area contributed by atoms with Crippen molar-refractivity contribution < 1.29 is 24.3 Å². The van der Waals surface area contributed by atoms with E-state index < -0.39 is 30.4 Å². The lowest BCUT2D eigenvalue weighted by atomic mass is 9.81. The van der Waals surface area contributed by atoms with Crippen molar-refractivity contribution in [1.82, 2.24) is 5.01 Å². The SMILES string of the molecule is CN1C(=O)N(CC(=O)Nc2cccc(C(=O)O)c2)N=C(C2CCCCC2)c2c(C(N)=O)cccc21. The van der Waals surface area contributed by atoms with E-state index in [2.05, 4.69) is 10.4 Å². The number of amides is 4.